The summed E-state index contributed by atoms with van der Waals surface area (Å²) in [4.78, 5) is 12.6. The third kappa shape index (κ3) is 4.43. The van der Waals surface area contributed by atoms with Crippen LogP contribution >= 0.6 is 22.6 Å². The SMILES string of the molecule is O=C(NCc1ccccc1S(=O)(=O)N1CCOCC1)c1cccc(I)c1. The van der Waals surface area contributed by atoms with E-state index in [2.05, 4.69) is 27.9 Å². The van der Waals surface area contributed by atoms with Crippen molar-refractivity contribution in [3.8, 4) is 0 Å². The average molecular weight is 486 g/mol. The molecule has 0 saturated carbocycles. The van der Waals surface area contributed by atoms with Crippen molar-refractivity contribution in [1.29, 1.82) is 0 Å². The number of hydrogen-bond donors (Lipinski definition) is 1. The molecule has 1 aliphatic rings. The number of carbonyl (C=O) groups is 1. The second kappa shape index (κ2) is 8.47. The molecule has 0 aliphatic carbocycles. The summed E-state index contributed by atoms with van der Waals surface area (Å²) in [7, 11) is -3.61. The zero-order valence-electron chi connectivity index (χ0n) is 14.0. The fraction of sp³-hybridized carbons (Fsp3) is 0.278. The van der Waals surface area contributed by atoms with Gasteiger partial charge in [-0.25, -0.2) is 8.42 Å². The molecule has 2 aromatic rings. The highest BCUT2D eigenvalue weighted by atomic mass is 127. The summed E-state index contributed by atoms with van der Waals surface area (Å²) in [6.45, 7) is 1.61. The van der Waals surface area contributed by atoms with Gasteiger partial charge in [0.2, 0.25) is 10.0 Å². The standard InChI is InChI=1S/C18H19IN2O4S/c19-16-6-3-5-14(12-16)18(22)20-13-15-4-1-2-7-17(15)26(23,24)21-8-10-25-11-9-21/h1-7,12H,8-11,13H2,(H,20,22). The quantitative estimate of drug-likeness (QED) is 0.659. The zero-order chi connectivity index (χ0) is 18.6. The Kier molecular flexibility index (Phi) is 6.28. The number of halogens is 1. The molecule has 1 N–H and O–H groups in total. The molecular weight excluding hydrogens is 467 g/mol. The Morgan fingerprint density at radius 2 is 1.85 bits per heavy atom. The molecule has 1 heterocycles. The normalized spacial score (nSPS) is 15.6. The summed E-state index contributed by atoms with van der Waals surface area (Å²) in [5, 5.41) is 2.81. The van der Waals surface area contributed by atoms with Gasteiger partial charge in [0, 0.05) is 28.8 Å². The molecule has 0 spiro atoms. The van der Waals surface area contributed by atoms with Crippen LogP contribution in [-0.2, 0) is 21.3 Å². The minimum atomic E-state index is -3.61. The van der Waals surface area contributed by atoms with Crippen LogP contribution in [0.25, 0.3) is 0 Å². The third-order valence-corrected chi connectivity index (χ3v) is 6.76. The molecule has 2 aromatic carbocycles. The summed E-state index contributed by atoms with van der Waals surface area (Å²) in [6, 6.07) is 14.0. The van der Waals surface area contributed by atoms with Crippen LogP contribution in [0.2, 0.25) is 0 Å². The molecule has 26 heavy (non-hydrogen) atoms. The van der Waals surface area contributed by atoms with Gasteiger partial charge < -0.3 is 10.1 Å². The lowest BCUT2D eigenvalue weighted by Crippen LogP contribution is -2.41. The third-order valence-electron chi connectivity index (χ3n) is 4.09. The lowest BCUT2D eigenvalue weighted by Gasteiger charge is -2.27. The average Bonchev–Trinajstić information content (AvgIpc) is 2.67. The Balaban J connectivity index is 1.78. The van der Waals surface area contributed by atoms with Crippen molar-refractivity contribution < 1.29 is 17.9 Å². The molecule has 0 atom stereocenters. The number of sulfonamides is 1. The fourth-order valence-electron chi connectivity index (χ4n) is 2.73. The molecule has 6 nitrogen and oxygen atoms in total. The Bertz CT molecular complexity index is 896. The minimum absolute atomic E-state index is 0.143. The summed E-state index contributed by atoms with van der Waals surface area (Å²) < 4.78 is 33.5. The predicted molar refractivity (Wildman–Crippen MR) is 106 cm³/mol. The van der Waals surface area contributed by atoms with Gasteiger partial charge in [0.1, 0.15) is 0 Å². The lowest BCUT2D eigenvalue weighted by molar-refractivity contribution is 0.0730. The van der Waals surface area contributed by atoms with E-state index in [0.29, 0.717) is 37.4 Å². The van der Waals surface area contributed by atoms with Gasteiger partial charge >= 0.3 is 0 Å². The van der Waals surface area contributed by atoms with Gasteiger partial charge in [-0.2, -0.15) is 4.31 Å². The molecule has 0 bridgehead atoms. The number of hydrogen-bond acceptors (Lipinski definition) is 4. The first-order valence-electron chi connectivity index (χ1n) is 8.18. The number of morpholine rings is 1. The smallest absolute Gasteiger partial charge is 0.251 e. The highest BCUT2D eigenvalue weighted by molar-refractivity contribution is 14.1. The minimum Gasteiger partial charge on any atom is -0.379 e. The van der Waals surface area contributed by atoms with Crippen LogP contribution in [0.3, 0.4) is 0 Å². The van der Waals surface area contributed by atoms with Gasteiger partial charge in [0.15, 0.2) is 0 Å². The lowest BCUT2D eigenvalue weighted by atomic mass is 10.2. The number of ether oxygens (including phenoxy) is 1. The van der Waals surface area contributed by atoms with Crippen molar-refractivity contribution in [2.24, 2.45) is 0 Å². The molecule has 1 saturated heterocycles. The highest BCUT2D eigenvalue weighted by Gasteiger charge is 2.28. The number of rotatable bonds is 5. The number of nitrogens with one attached hydrogen (secondary N) is 1. The maximum Gasteiger partial charge on any atom is 0.251 e. The van der Waals surface area contributed by atoms with Crippen LogP contribution in [0.4, 0.5) is 0 Å². The number of amides is 1. The maximum atomic E-state index is 12.9. The summed E-state index contributed by atoms with van der Waals surface area (Å²) >= 11 is 2.14. The van der Waals surface area contributed by atoms with E-state index in [4.69, 9.17) is 4.74 Å². The van der Waals surface area contributed by atoms with Crippen LogP contribution in [-0.4, -0.2) is 44.9 Å². The summed E-state index contributed by atoms with van der Waals surface area (Å²) in [5.41, 5.74) is 1.11. The predicted octanol–water partition coefficient (Wildman–Crippen LogP) is 2.24. The molecule has 138 valence electrons. The maximum absolute atomic E-state index is 12.9. The van der Waals surface area contributed by atoms with Crippen molar-refractivity contribution in [3.63, 3.8) is 0 Å². The second-order valence-electron chi connectivity index (χ2n) is 5.82. The Morgan fingerprint density at radius 3 is 2.58 bits per heavy atom. The first kappa shape index (κ1) is 19.3. The van der Waals surface area contributed by atoms with Gasteiger partial charge in [-0.15, -0.1) is 0 Å². The zero-order valence-corrected chi connectivity index (χ0v) is 17.0. The number of carbonyl (C=O) groups excluding carboxylic acids is 1. The van der Waals surface area contributed by atoms with Gasteiger partial charge in [0.25, 0.3) is 5.91 Å². The molecule has 8 heteroatoms. The van der Waals surface area contributed by atoms with Crippen LogP contribution in [0.1, 0.15) is 15.9 Å². The van der Waals surface area contributed by atoms with E-state index in [1.54, 1.807) is 36.4 Å². The van der Waals surface area contributed by atoms with E-state index in [9.17, 15) is 13.2 Å². The Labute approximate surface area is 166 Å². The van der Waals surface area contributed by atoms with Gasteiger partial charge in [0.05, 0.1) is 18.1 Å². The van der Waals surface area contributed by atoms with Crippen molar-refractivity contribution in [1.82, 2.24) is 9.62 Å². The highest BCUT2D eigenvalue weighted by Crippen LogP contribution is 2.21. The Morgan fingerprint density at radius 1 is 1.12 bits per heavy atom. The van der Waals surface area contributed by atoms with Crippen molar-refractivity contribution in [3.05, 3.63) is 63.2 Å². The van der Waals surface area contributed by atoms with Crippen LogP contribution in [0.5, 0.6) is 0 Å². The molecular formula is C18H19IN2O4S. The first-order chi connectivity index (χ1) is 12.5. The first-order valence-corrected chi connectivity index (χ1v) is 10.7. The van der Waals surface area contributed by atoms with Crippen molar-refractivity contribution >= 4 is 38.5 Å². The fourth-order valence-corrected chi connectivity index (χ4v) is 4.91. The van der Waals surface area contributed by atoms with E-state index in [-0.39, 0.29) is 17.3 Å². The van der Waals surface area contributed by atoms with Crippen LogP contribution in [0, 0.1) is 3.57 Å². The van der Waals surface area contributed by atoms with Gasteiger partial charge in [-0.1, -0.05) is 24.3 Å². The number of nitrogens with zero attached hydrogens (tertiary/aromatic N) is 1. The van der Waals surface area contributed by atoms with Gasteiger partial charge in [-0.05, 0) is 52.4 Å². The molecule has 1 amide bonds. The van der Waals surface area contributed by atoms with Crippen LogP contribution < -0.4 is 5.32 Å². The second-order valence-corrected chi connectivity index (χ2v) is 8.97. The summed E-state index contributed by atoms with van der Waals surface area (Å²) in [6.07, 6.45) is 0. The Hall–Kier alpha value is -1.49. The van der Waals surface area contributed by atoms with Crippen LogP contribution in [0.15, 0.2) is 53.4 Å². The molecule has 0 radical (unpaired) electrons. The van der Waals surface area contributed by atoms with E-state index >= 15 is 0 Å². The molecule has 0 unspecified atom stereocenters. The van der Waals surface area contributed by atoms with Crippen molar-refractivity contribution in [2.45, 2.75) is 11.4 Å². The largest absolute Gasteiger partial charge is 0.379 e. The van der Waals surface area contributed by atoms with E-state index in [1.165, 1.54) is 4.31 Å². The molecule has 3 rings (SSSR count). The monoisotopic (exact) mass is 486 g/mol. The molecule has 1 fully saturated rings. The van der Waals surface area contributed by atoms with E-state index in [0.717, 1.165) is 3.57 Å². The van der Waals surface area contributed by atoms with E-state index < -0.39 is 10.0 Å². The molecule has 1 aliphatic heterocycles. The van der Waals surface area contributed by atoms with Gasteiger partial charge in [-0.3, -0.25) is 4.79 Å². The van der Waals surface area contributed by atoms with Crippen molar-refractivity contribution in [2.75, 3.05) is 26.3 Å². The summed E-state index contributed by atoms with van der Waals surface area (Å²) in [5.74, 6) is -0.234. The number of benzene rings is 2. The topological polar surface area (TPSA) is 75.7 Å². The molecule has 0 aromatic heterocycles. The van der Waals surface area contributed by atoms with E-state index in [1.807, 2.05) is 12.1 Å².